The minimum Gasteiger partial charge on any atom is -0.307 e. The van der Waals surface area contributed by atoms with Crippen molar-refractivity contribution in [2.75, 3.05) is 0 Å². The summed E-state index contributed by atoms with van der Waals surface area (Å²) in [5.41, 5.74) is 3.64. The number of nitrogens with one attached hydrogen (secondary N) is 2. The lowest BCUT2D eigenvalue weighted by atomic mass is 10.1. The zero-order valence-electron chi connectivity index (χ0n) is 9.73. The number of amides is 1. The largest absolute Gasteiger partial charge is 0.307 e. The maximum atomic E-state index is 11.3. The lowest BCUT2D eigenvalue weighted by molar-refractivity contribution is 0.0953. The van der Waals surface area contributed by atoms with Crippen LogP contribution < -0.4 is 16.8 Å². The first kappa shape index (κ1) is 12.0. The highest BCUT2D eigenvalue weighted by atomic mass is 16.2. The van der Waals surface area contributed by atoms with E-state index < -0.39 is 0 Å². The summed E-state index contributed by atoms with van der Waals surface area (Å²) in [6.45, 7) is 1.75. The first-order chi connectivity index (χ1) is 8.60. The van der Waals surface area contributed by atoms with E-state index in [0.717, 1.165) is 5.56 Å². The van der Waals surface area contributed by atoms with Crippen LogP contribution in [0.5, 0.6) is 0 Å². The molecule has 0 radical (unpaired) electrons. The van der Waals surface area contributed by atoms with Crippen LogP contribution in [0.3, 0.4) is 0 Å². The molecule has 6 heteroatoms. The number of H-pyrrole nitrogens is 1. The van der Waals surface area contributed by atoms with Crippen molar-refractivity contribution in [2.24, 2.45) is 5.84 Å². The Balaban J connectivity index is 2.40. The van der Waals surface area contributed by atoms with Crippen molar-refractivity contribution in [3.63, 3.8) is 0 Å². The van der Waals surface area contributed by atoms with Crippen LogP contribution in [0.15, 0.2) is 35.1 Å². The zero-order chi connectivity index (χ0) is 13.1. The lowest BCUT2D eigenvalue weighted by Gasteiger charge is -2.03. The van der Waals surface area contributed by atoms with Gasteiger partial charge >= 0.3 is 0 Å². The van der Waals surface area contributed by atoms with Crippen molar-refractivity contribution < 1.29 is 4.79 Å². The van der Waals surface area contributed by atoms with E-state index in [1.54, 1.807) is 31.2 Å². The molecule has 92 valence electrons. The van der Waals surface area contributed by atoms with E-state index in [0.29, 0.717) is 17.1 Å². The summed E-state index contributed by atoms with van der Waals surface area (Å²) >= 11 is 0. The van der Waals surface area contributed by atoms with Gasteiger partial charge in [-0.3, -0.25) is 15.0 Å². The Labute approximate surface area is 103 Å². The predicted molar refractivity (Wildman–Crippen MR) is 66.7 cm³/mol. The number of nitrogen functional groups attached to an aromatic ring is 1. The summed E-state index contributed by atoms with van der Waals surface area (Å²) in [6, 6.07) is 8.03. The fourth-order valence-electron chi connectivity index (χ4n) is 1.58. The van der Waals surface area contributed by atoms with Gasteiger partial charge in [-0.15, -0.1) is 0 Å². The van der Waals surface area contributed by atoms with E-state index in [1.165, 1.54) is 6.07 Å². The number of carbonyl (C=O) groups is 1. The average molecular weight is 244 g/mol. The Hall–Kier alpha value is -2.47. The molecular formula is C12H12N4O2. The monoisotopic (exact) mass is 244 g/mol. The Kier molecular flexibility index (Phi) is 3.20. The van der Waals surface area contributed by atoms with Gasteiger partial charge in [-0.2, -0.15) is 0 Å². The Morgan fingerprint density at radius 1 is 1.33 bits per heavy atom. The number of benzene rings is 1. The smallest absolute Gasteiger partial charge is 0.265 e. The molecule has 0 atom stereocenters. The third-order valence-electron chi connectivity index (χ3n) is 2.42. The highest BCUT2D eigenvalue weighted by molar-refractivity contribution is 5.94. The molecule has 2 rings (SSSR count). The topological polar surface area (TPSA) is 101 Å². The van der Waals surface area contributed by atoms with Crippen molar-refractivity contribution in [3.05, 3.63) is 51.9 Å². The SMILES string of the molecule is Cc1cc(=O)[nH]c(-c2ccc(C(=O)NN)cc2)n1. The summed E-state index contributed by atoms with van der Waals surface area (Å²) in [5.74, 6) is 5.14. The molecule has 0 bridgehead atoms. The van der Waals surface area contributed by atoms with Crippen LogP contribution in [0.1, 0.15) is 16.1 Å². The molecule has 0 unspecified atom stereocenters. The van der Waals surface area contributed by atoms with Crippen LogP contribution >= 0.6 is 0 Å². The van der Waals surface area contributed by atoms with E-state index in [4.69, 9.17) is 5.84 Å². The van der Waals surface area contributed by atoms with Crippen molar-refractivity contribution in [2.45, 2.75) is 6.92 Å². The second kappa shape index (κ2) is 4.80. The third kappa shape index (κ3) is 2.44. The molecule has 0 spiro atoms. The van der Waals surface area contributed by atoms with E-state index in [9.17, 15) is 9.59 Å². The van der Waals surface area contributed by atoms with Gasteiger partial charge in [-0.05, 0) is 19.1 Å². The fraction of sp³-hybridized carbons (Fsp3) is 0.0833. The van der Waals surface area contributed by atoms with Gasteiger partial charge in [0.25, 0.3) is 11.5 Å². The van der Waals surface area contributed by atoms with Gasteiger partial charge in [0.1, 0.15) is 5.82 Å². The van der Waals surface area contributed by atoms with Crippen molar-refractivity contribution in [3.8, 4) is 11.4 Å². The maximum absolute atomic E-state index is 11.3. The van der Waals surface area contributed by atoms with Gasteiger partial charge in [-0.25, -0.2) is 10.8 Å². The van der Waals surface area contributed by atoms with E-state index in [-0.39, 0.29) is 11.5 Å². The zero-order valence-corrected chi connectivity index (χ0v) is 9.73. The molecule has 0 fully saturated rings. The van der Waals surface area contributed by atoms with Crippen LogP contribution in [0, 0.1) is 6.92 Å². The predicted octanol–water partition coefficient (Wildman–Crippen LogP) is 0.349. The second-order valence-corrected chi connectivity index (χ2v) is 3.79. The van der Waals surface area contributed by atoms with Crippen LogP contribution in [0.25, 0.3) is 11.4 Å². The summed E-state index contributed by atoms with van der Waals surface area (Å²) < 4.78 is 0. The molecule has 0 aliphatic carbocycles. The second-order valence-electron chi connectivity index (χ2n) is 3.79. The molecule has 1 amide bonds. The van der Waals surface area contributed by atoms with E-state index >= 15 is 0 Å². The molecule has 4 N–H and O–H groups in total. The van der Waals surface area contributed by atoms with Crippen LogP contribution in [0.4, 0.5) is 0 Å². The van der Waals surface area contributed by atoms with Crippen molar-refractivity contribution >= 4 is 5.91 Å². The molecule has 1 heterocycles. The molecule has 18 heavy (non-hydrogen) atoms. The molecule has 0 saturated carbocycles. The average Bonchev–Trinajstić information content (AvgIpc) is 2.37. The van der Waals surface area contributed by atoms with Crippen LogP contribution in [0.2, 0.25) is 0 Å². The number of aromatic nitrogens is 2. The molecule has 1 aromatic carbocycles. The summed E-state index contributed by atoms with van der Waals surface area (Å²) in [4.78, 5) is 29.4. The normalized spacial score (nSPS) is 10.1. The van der Waals surface area contributed by atoms with Crippen LogP contribution in [-0.2, 0) is 0 Å². The van der Waals surface area contributed by atoms with Crippen molar-refractivity contribution in [1.82, 2.24) is 15.4 Å². The summed E-state index contributed by atoms with van der Waals surface area (Å²) in [6.07, 6.45) is 0. The van der Waals surface area contributed by atoms with Gasteiger partial charge in [0.15, 0.2) is 0 Å². The van der Waals surface area contributed by atoms with Gasteiger partial charge in [0, 0.05) is 22.9 Å². The molecule has 2 aromatic rings. The highest BCUT2D eigenvalue weighted by Gasteiger charge is 2.05. The van der Waals surface area contributed by atoms with Gasteiger partial charge in [-0.1, -0.05) is 12.1 Å². The fourth-order valence-corrected chi connectivity index (χ4v) is 1.58. The quantitative estimate of drug-likeness (QED) is 0.403. The number of hydrogen-bond acceptors (Lipinski definition) is 4. The number of carbonyl (C=O) groups excluding carboxylic acids is 1. The number of hydrazine groups is 1. The number of rotatable bonds is 2. The highest BCUT2D eigenvalue weighted by Crippen LogP contribution is 2.14. The lowest BCUT2D eigenvalue weighted by Crippen LogP contribution is -2.29. The van der Waals surface area contributed by atoms with E-state index in [2.05, 4.69) is 9.97 Å². The Bertz CT molecular complexity index is 631. The third-order valence-corrected chi connectivity index (χ3v) is 2.42. The number of nitrogens with zero attached hydrogens (tertiary/aromatic N) is 1. The van der Waals surface area contributed by atoms with Gasteiger partial charge in [0.05, 0.1) is 0 Å². The molecule has 0 aliphatic rings. The number of aromatic amines is 1. The minimum absolute atomic E-state index is 0.207. The van der Waals surface area contributed by atoms with Crippen LogP contribution in [-0.4, -0.2) is 15.9 Å². The Morgan fingerprint density at radius 2 is 2.00 bits per heavy atom. The molecular weight excluding hydrogens is 232 g/mol. The summed E-state index contributed by atoms with van der Waals surface area (Å²) in [7, 11) is 0. The Morgan fingerprint density at radius 3 is 2.56 bits per heavy atom. The molecule has 6 nitrogen and oxygen atoms in total. The van der Waals surface area contributed by atoms with E-state index in [1.807, 2.05) is 5.43 Å². The standard InChI is InChI=1S/C12H12N4O2/c1-7-6-10(17)15-11(14-7)8-2-4-9(5-3-8)12(18)16-13/h2-6H,13H2,1H3,(H,16,18)(H,14,15,17). The number of hydrogen-bond donors (Lipinski definition) is 3. The molecule has 0 saturated heterocycles. The first-order valence-corrected chi connectivity index (χ1v) is 5.29. The number of nitrogens with two attached hydrogens (primary N) is 1. The van der Waals surface area contributed by atoms with Gasteiger partial charge in [0.2, 0.25) is 0 Å². The van der Waals surface area contributed by atoms with Gasteiger partial charge < -0.3 is 4.98 Å². The number of aryl methyl sites for hydroxylation is 1. The van der Waals surface area contributed by atoms with Crippen molar-refractivity contribution in [1.29, 1.82) is 0 Å². The molecule has 1 aromatic heterocycles. The first-order valence-electron chi connectivity index (χ1n) is 5.29. The molecule has 0 aliphatic heterocycles. The maximum Gasteiger partial charge on any atom is 0.265 e. The summed E-state index contributed by atoms with van der Waals surface area (Å²) in [5, 5.41) is 0. The minimum atomic E-state index is -0.368.